The minimum atomic E-state index is -0.0848. The molecule has 4 heteroatoms. The van der Waals surface area contributed by atoms with E-state index in [4.69, 9.17) is 9.47 Å². The molecular formula is C14H21NO3. The van der Waals surface area contributed by atoms with E-state index in [2.05, 4.69) is 5.32 Å². The summed E-state index contributed by atoms with van der Waals surface area (Å²) in [5.41, 5.74) is 0.610. The molecule has 0 atom stereocenters. The second-order valence-corrected chi connectivity index (χ2v) is 4.26. The van der Waals surface area contributed by atoms with Gasteiger partial charge in [0.15, 0.2) is 0 Å². The van der Waals surface area contributed by atoms with Crippen molar-refractivity contribution in [2.24, 2.45) is 0 Å². The molecule has 4 nitrogen and oxygen atoms in total. The van der Waals surface area contributed by atoms with Gasteiger partial charge in [-0.25, -0.2) is 0 Å². The van der Waals surface area contributed by atoms with Crippen LogP contribution in [0, 0.1) is 0 Å². The first-order chi connectivity index (χ1) is 8.63. The topological polar surface area (TPSA) is 47.6 Å². The predicted octanol–water partition coefficient (Wildman–Crippen LogP) is 2.24. The van der Waals surface area contributed by atoms with Crippen LogP contribution < -0.4 is 10.1 Å². The fourth-order valence-corrected chi connectivity index (χ4v) is 1.46. The highest BCUT2D eigenvalue weighted by Crippen LogP contribution is 2.12. The Labute approximate surface area is 108 Å². The molecule has 0 heterocycles. The highest BCUT2D eigenvalue weighted by atomic mass is 16.5. The summed E-state index contributed by atoms with van der Waals surface area (Å²) >= 11 is 0. The maximum absolute atomic E-state index is 11.8. The van der Waals surface area contributed by atoms with Gasteiger partial charge in [-0.05, 0) is 38.5 Å². The molecule has 0 unspecified atom stereocenters. The van der Waals surface area contributed by atoms with Gasteiger partial charge in [0.1, 0.15) is 5.75 Å². The average Bonchev–Trinajstić information content (AvgIpc) is 2.37. The van der Waals surface area contributed by atoms with Crippen molar-refractivity contribution in [3.05, 3.63) is 29.8 Å². The van der Waals surface area contributed by atoms with Crippen LogP contribution in [0.1, 0.15) is 30.6 Å². The second-order valence-electron chi connectivity index (χ2n) is 4.26. The van der Waals surface area contributed by atoms with E-state index in [-0.39, 0.29) is 12.0 Å². The molecular weight excluding hydrogens is 230 g/mol. The molecule has 0 aromatic heterocycles. The molecule has 0 fully saturated rings. The highest BCUT2D eigenvalue weighted by molar-refractivity contribution is 5.94. The fourth-order valence-electron chi connectivity index (χ4n) is 1.46. The SMILES string of the molecule is COc1cccc(C(=O)NCCCOC(C)C)c1. The third-order valence-corrected chi connectivity index (χ3v) is 2.39. The van der Waals surface area contributed by atoms with Gasteiger partial charge < -0.3 is 14.8 Å². The number of nitrogens with one attached hydrogen (secondary N) is 1. The smallest absolute Gasteiger partial charge is 0.251 e. The standard InChI is InChI=1S/C14H21NO3/c1-11(2)18-9-5-8-15-14(16)12-6-4-7-13(10-12)17-3/h4,6-7,10-11H,5,8-9H2,1-3H3,(H,15,16). The van der Waals surface area contributed by atoms with Gasteiger partial charge in [-0.3, -0.25) is 4.79 Å². The van der Waals surface area contributed by atoms with Gasteiger partial charge in [0.25, 0.3) is 5.91 Å². The van der Waals surface area contributed by atoms with E-state index in [1.54, 1.807) is 25.3 Å². The van der Waals surface area contributed by atoms with Crippen molar-refractivity contribution in [3.8, 4) is 5.75 Å². The van der Waals surface area contributed by atoms with Gasteiger partial charge in [0, 0.05) is 18.7 Å². The normalized spacial score (nSPS) is 10.4. The van der Waals surface area contributed by atoms with E-state index in [0.717, 1.165) is 6.42 Å². The van der Waals surface area contributed by atoms with Crippen LogP contribution in [0.15, 0.2) is 24.3 Å². The van der Waals surface area contributed by atoms with Gasteiger partial charge >= 0.3 is 0 Å². The van der Waals surface area contributed by atoms with Crippen molar-refractivity contribution < 1.29 is 14.3 Å². The number of carbonyl (C=O) groups excluding carboxylic acids is 1. The number of amides is 1. The van der Waals surface area contributed by atoms with Crippen molar-refractivity contribution >= 4 is 5.91 Å². The molecule has 18 heavy (non-hydrogen) atoms. The number of methoxy groups -OCH3 is 1. The monoisotopic (exact) mass is 251 g/mol. The Morgan fingerprint density at radius 3 is 2.83 bits per heavy atom. The molecule has 1 aromatic rings. The van der Waals surface area contributed by atoms with Gasteiger partial charge in [0.05, 0.1) is 13.2 Å². The Kier molecular flexibility index (Phi) is 6.22. The van der Waals surface area contributed by atoms with E-state index >= 15 is 0 Å². The lowest BCUT2D eigenvalue weighted by molar-refractivity contribution is 0.0757. The van der Waals surface area contributed by atoms with Crippen molar-refractivity contribution in [2.45, 2.75) is 26.4 Å². The molecule has 0 aliphatic rings. The number of rotatable bonds is 7. The van der Waals surface area contributed by atoms with Gasteiger partial charge in [-0.2, -0.15) is 0 Å². The summed E-state index contributed by atoms with van der Waals surface area (Å²) in [6, 6.07) is 7.10. The van der Waals surface area contributed by atoms with E-state index in [1.807, 2.05) is 19.9 Å². The van der Waals surface area contributed by atoms with Crippen molar-refractivity contribution in [1.82, 2.24) is 5.32 Å². The van der Waals surface area contributed by atoms with E-state index in [1.165, 1.54) is 0 Å². The third kappa shape index (κ3) is 5.19. The summed E-state index contributed by atoms with van der Waals surface area (Å²) in [4.78, 5) is 11.8. The fraction of sp³-hybridized carbons (Fsp3) is 0.500. The number of ether oxygens (including phenoxy) is 2. The van der Waals surface area contributed by atoms with Crippen LogP contribution in [0.4, 0.5) is 0 Å². The van der Waals surface area contributed by atoms with Gasteiger partial charge in [-0.15, -0.1) is 0 Å². The summed E-state index contributed by atoms with van der Waals surface area (Å²) < 4.78 is 10.5. The largest absolute Gasteiger partial charge is 0.497 e. The third-order valence-electron chi connectivity index (χ3n) is 2.39. The molecule has 1 aromatic carbocycles. The second kappa shape index (κ2) is 7.71. The van der Waals surface area contributed by atoms with E-state index in [9.17, 15) is 4.79 Å². The van der Waals surface area contributed by atoms with Crippen LogP contribution in [-0.4, -0.2) is 32.3 Å². The Bertz CT molecular complexity index is 377. The van der Waals surface area contributed by atoms with Crippen molar-refractivity contribution in [3.63, 3.8) is 0 Å². The molecule has 1 amide bonds. The lowest BCUT2D eigenvalue weighted by Crippen LogP contribution is -2.25. The summed E-state index contributed by atoms with van der Waals surface area (Å²) in [5.74, 6) is 0.601. The zero-order valence-electron chi connectivity index (χ0n) is 11.2. The molecule has 0 aliphatic heterocycles. The van der Waals surface area contributed by atoms with Gasteiger partial charge in [0.2, 0.25) is 0 Å². The van der Waals surface area contributed by atoms with Crippen molar-refractivity contribution in [2.75, 3.05) is 20.3 Å². The molecule has 0 aliphatic carbocycles. The molecule has 1 rings (SSSR count). The molecule has 100 valence electrons. The first-order valence-corrected chi connectivity index (χ1v) is 6.17. The zero-order valence-corrected chi connectivity index (χ0v) is 11.2. The maximum atomic E-state index is 11.8. The minimum absolute atomic E-state index is 0.0848. The number of hydrogen-bond acceptors (Lipinski definition) is 3. The van der Waals surface area contributed by atoms with Crippen LogP contribution in [0.5, 0.6) is 5.75 Å². The average molecular weight is 251 g/mol. The van der Waals surface area contributed by atoms with Crippen LogP contribution in [0.25, 0.3) is 0 Å². The minimum Gasteiger partial charge on any atom is -0.497 e. The first-order valence-electron chi connectivity index (χ1n) is 6.17. The summed E-state index contributed by atoms with van der Waals surface area (Å²) in [6.45, 7) is 5.27. The molecule has 0 saturated carbocycles. The quantitative estimate of drug-likeness (QED) is 0.756. The lowest BCUT2D eigenvalue weighted by Gasteiger charge is -2.08. The Hall–Kier alpha value is -1.55. The number of hydrogen-bond donors (Lipinski definition) is 1. The maximum Gasteiger partial charge on any atom is 0.251 e. The van der Waals surface area contributed by atoms with Crippen molar-refractivity contribution in [1.29, 1.82) is 0 Å². The predicted molar refractivity (Wildman–Crippen MR) is 71.0 cm³/mol. The van der Waals surface area contributed by atoms with Crippen LogP contribution in [0.2, 0.25) is 0 Å². The van der Waals surface area contributed by atoms with Crippen LogP contribution >= 0.6 is 0 Å². The van der Waals surface area contributed by atoms with E-state index in [0.29, 0.717) is 24.5 Å². The summed E-state index contributed by atoms with van der Waals surface area (Å²) in [6.07, 6.45) is 1.05. The molecule has 0 bridgehead atoms. The van der Waals surface area contributed by atoms with Crippen LogP contribution in [0.3, 0.4) is 0 Å². The molecule has 0 radical (unpaired) electrons. The number of benzene rings is 1. The lowest BCUT2D eigenvalue weighted by atomic mass is 10.2. The Morgan fingerprint density at radius 1 is 1.39 bits per heavy atom. The van der Waals surface area contributed by atoms with Gasteiger partial charge in [-0.1, -0.05) is 6.07 Å². The highest BCUT2D eigenvalue weighted by Gasteiger charge is 2.05. The molecule has 0 saturated heterocycles. The number of carbonyl (C=O) groups is 1. The molecule has 1 N–H and O–H groups in total. The zero-order chi connectivity index (χ0) is 13.4. The van der Waals surface area contributed by atoms with E-state index < -0.39 is 0 Å². The summed E-state index contributed by atoms with van der Waals surface area (Å²) in [5, 5.41) is 2.85. The van der Waals surface area contributed by atoms with Crippen LogP contribution in [-0.2, 0) is 4.74 Å². The Balaban J connectivity index is 2.31. The molecule has 0 spiro atoms. The first kappa shape index (κ1) is 14.5. The summed E-state index contributed by atoms with van der Waals surface area (Å²) in [7, 11) is 1.58. The Morgan fingerprint density at radius 2 is 2.17 bits per heavy atom.